The lowest BCUT2D eigenvalue weighted by Gasteiger charge is -2.14. The fourth-order valence-electron chi connectivity index (χ4n) is 1.81. The fraction of sp³-hybridized carbons (Fsp3) is 0.125. The number of nitrogens with zero attached hydrogens (tertiary/aromatic N) is 1. The van der Waals surface area contributed by atoms with Crippen molar-refractivity contribution in [2.45, 2.75) is 6.92 Å². The predicted octanol–water partition coefficient (Wildman–Crippen LogP) is 3.58. The normalized spacial score (nSPS) is 11.5. The zero-order valence-electron chi connectivity index (χ0n) is 11.9. The Bertz CT molecular complexity index is 649. The second-order valence-corrected chi connectivity index (χ2v) is 4.42. The highest BCUT2D eigenvalue weighted by atomic mass is 16.6. The zero-order chi connectivity index (χ0) is 15.2. The summed E-state index contributed by atoms with van der Waals surface area (Å²) in [4.78, 5) is 10.2. The van der Waals surface area contributed by atoms with Crippen molar-refractivity contribution in [3.05, 3.63) is 76.0 Å². The number of nitrogens with one attached hydrogen (secondary N) is 1. The van der Waals surface area contributed by atoms with Crippen molar-refractivity contribution in [3.63, 3.8) is 0 Å². The molecule has 1 N–H and O–H groups in total. The topological polar surface area (TPSA) is 64.4 Å². The lowest BCUT2D eigenvalue weighted by atomic mass is 10.1. The number of rotatable bonds is 5. The Hall–Kier alpha value is -2.82. The van der Waals surface area contributed by atoms with Crippen molar-refractivity contribution >= 4 is 11.4 Å². The van der Waals surface area contributed by atoms with Crippen LogP contribution in [0, 0.1) is 10.1 Å². The van der Waals surface area contributed by atoms with Gasteiger partial charge in [-0.3, -0.25) is 10.1 Å². The van der Waals surface area contributed by atoms with Gasteiger partial charge in [-0.15, -0.1) is 0 Å². The quantitative estimate of drug-likeness (QED) is 0.518. The van der Waals surface area contributed by atoms with E-state index < -0.39 is 4.92 Å². The molecule has 0 spiro atoms. The van der Waals surface area contributed by atoms with Crippen LogP contribution in [0.1, 0.15) is 12.5 Å². The van der Waals surface area contributed by atoms with Crippen LogP contribution in [0.2, 0.25) is 0 Å². The Morgan fingerprint density at radius 1 is 1.10 bits per heavy atom. The summed E-state index contributed by atoms with van der Waals surface area (Å²) < 4.78 is 5.88. The summed E-state index contributed by atoms with van der Waals surface area (Å²) in [5, 5.41) is 13.7. The number of nitro groups is 1. The molecule has 0 atom stereocenters. The molecule has 0 aromatic heterocycles. The summed E-state index contributed by atoms with van der Waals surface area (Å²) in [6, 6.07) is 15.7. The SMILES string of the molecule is CN/C(C)=C(/Oc1ccc([N+](=O)[O-])cc1)c1ccccc1. The molecule has 21 heavy (non-hydrogen) atoms. The van der Waals surface area contributed by atoms with E-state index in [0.717, 1.165) is 11.3 Å². The minimum atomic E-state index is -0.434. The Kier molecular flexibility index (Phi) is 4.56. The molecule has 0 bridgehead atoms. The molecule has 0 amide bonds. The minimum Gasteiger partial charge on any atom is -0.455 e. The first-order valence-electron chi connectivity index (χ1n) is 6.48. The number of allylic oxidation sites excluding steroid dienone is 1. The molecule has 0 saturated carbocycles. The average Bonchev–Trinajstić information content (AvgIpc) is 2.53. The highest BCUT2D eigenvalue weighted by Crippen LogP contribution is 2.25. The largest absolute Gasteiger partial charge is 0.455 e. The maximum Gasteiger partial charge on any atom is 0.269 e. The third-order valence-electron chi connectivity index (χ3n) is 3.02. The molecule has 0 aliphatic carbocycles. The van der Waals surface area contributed by atoms with E-state index in [4.69, 9.17) is 4.74 Å². The summed E-state index contributed by atoms with van der Waals surface area (Å²) in [7, 11) is 1.82. The molecular weight excluding hydrogens is 268 g/mol. The van der Waals surface area contributed by atoms with E-state index in [0.29, 0.717) is 11.5 Å². The van der Waals surface area contributed by atoms with Crippen molar-refractivity contribution in [2.24, 2.45) is 0 Å². The Morgan fingerprint density at radius 2 is 1.71 bits per heavy atom. The second kappa shape index (κ2) is 6.56. The molecule has 0 fully saturated rings. The molecule has 0 unspecified atom stereocenters. The standard InChI is InChI=1S/C16H16N2O3/c1-12(17-2)16(13-6-4-3-5-7-13)21-15-10-8-14(9-11-15)18(19)20/h3-11,17H,1-2H3/b16-12+. The van der Waals surface area contributed by atoms with Gasteiger partial charge in [0, 0.05) is 24.7 Å². The molecule has 0 aliphatic rings. The highest BCUT2D eigenvalue weighted by molar-refractivity contribution is 5.64. The van der Waals surface area contributed by atoms with Crippen molar-refractivity contribution in [2.75, 3.05) is 7.05 Å². The number of ether oxygens (including phenoxy) is 1. The predicted molar refractivity (Wildman–Crippen MR) is 81.8 cm³/mol. The molecule has 0 heterocycles. The molecule has 5 nitrogen and oxygen atoms in total. The average molecular weight is 284 g/mol. The smallest absolute Gasteiger partial charge is 0.269 e. The third-order valence-corrected chi connectivity index (χ3v) is 3.02. The lowest BCUT2D eigenvalue weighted by molar-refractivity contribution is -0.384. The molecule has 5 heteroatoms. The van der Waals surface area contributed by atoms with Gasteiger partial charge in [0.2, 0.25) is 0 Å². The van der Waals surface area contributed by atoms with Crippen molar-refractivity contribution in [1.82, 2.24) is 5.32 Å². The lowest BCUT2D eigenvalue weighted by Crippen LogP contribution is -2.09. The molecule has 2 rings (SSSR count). The Labute approximate surface area is 123 Å². The van der Waals surface area contributed by atoms with Crippen LogP contribution in [0.5, 0.6) is 5.75 Å². The first kappa shape index (κ1) is 14.6. The monoisotopic (exact) mass is 284 g/mol. The van der Waals surface area contributed by atoms with Gasteiger partial charge in [0.25, 0.3) is 5.69 Å². The number of nitro benzene ring substituents is 1. The van der Waals surface area contributed by atoms with E-state index >= 15 is 0 Å². The molecule has 0 radical (unpaired) electrons. The summed E-state index contributed by atoms with van der Waals surface area (Å²) in [6.07, 6.45) is 0. The maximum absolute atomic E-state index is 10.7. The summed E-state index contributed by atoms with van der Waals surface area (Å²) in [5.41, 5.74) is 1.85. The number of hydrogen-bond acceptors (Lipinski definition) is 4. The van der Waals surface area contributed by atoms with Crippen LogP contribution in [-0.2, 0) is 0 Å². The van der Waals surface area contributed by atoms with E-state index in [1.54, 1.807) is 12.1 Å². The van der Waals surface area contributed by atoms with Gasteiger partial charge >= 0.3 is 0 Å². The van der Waals surface area contributed by atoms with Crippen LogP contribution in [0.25, 0.3) is 5.76 Å². The van der Waals surface area contributed by atoms with E-state index in [9.17, 15) is 10.1 Å². The molecule has 0 saturated heterocycles. The van der Waals surface area contributed by atoms with Crippen LogP contribution in [0.3, 0.4) is 0 Å². The fourth-order valence-corrected chi connectivity index (χ4v) is 1.81. The Balaban J connectivity index is 2.30. The summed E-state index contributed by atoms with van der Waals surface area (Å²) in [5.74, 6) is 1.24. The van der Waals surface area contributed by atoms with Gasteiger partial charge < -0.3 is 10.1 Å². The van der Waals surface area contributed by atoms with Crippen molar-refractivity contribution in [1.29, 1.82) is 0 Å². The highest BCUT2D eigenvalue weighted by Gasteiger charge is 2.10. The molecule has 108 valence electrons. The van der Waals surface area contributed by atoms with Crippen LogP contribution >= 0.6 is 0 Å². The van der Waals surface area contributed by atoms with Crippen LogP contribution < -0.4 is 10.1 Å². The Morgan fingerprint density at radius 3 is 2.24 bits per heavy atom. The first-order valence-corrected chi connectivity index (χ1v) is 6.48. The molecule has 2 aromatic rings. The first-order chi connectivity index (χ1) is 10.1. The molecule has 0 aliphatic heterocycles. The van der Waals surface area contributed by atoms with Crippen LogP contribution in [-0.4, -0.2) is 12.0 Å². The van der Waals surface area contributed by atoms with Gasteiger partial charge in [-0.2, -0.15) is 0 Å². The van der Waals surface area contributed by atoms with Gasteiger partial charge in [0.15, 0.2) is 5.76 Å². The molecular formula is C16H16N2O3. The maximum atomic E-state index is 10.7. The zero-order valence-corrected chi connectivity index (χ0v) is 11.9. The number of non-ortho nitro benzene ring substituents is 1. The minimum absolute atomic E-state index is 0.0397. The van der Waals surface area contributed by atoms with E-state index in [2.05, 4.69) is 5.32 Å². The van der Waals surface area contributed by atoms with Gasteiger partial charge in [-0.25, -0.2) is 0 Å². The van der Waals surface area contributed by atoms with Gasteiger partial charge in [0.05, 0.1) is 10.6 Å². The summed E-state index contributed by atoms with van der Waals surface area (Å²) in [6.45, 7) is 1.91. The van der Waals surface area contributed by atoms with E-state index in [1.165, 1.54) is 12.1 Å². The summed E-state index contributed by atoms with van der Waals surface area (Å²) >= 11 is 0. The molecule has 2 aromatic carbocycles. The van der Waals surface area contributed by atoms with Crippen molar-refractivity contribution in [3.8, 4) is 5.75 Å². The van der Waals surface area contributed by atoms with Gasteiger partial charge in [0.1, 0.15) is 5.75 Å². The van der Waals surface area contributed by atoms with Crippen molar-refractivity contribution < 1.29 is 9.66 Å². The number of hydrogen-bond donors (Lipinski definition) is 1. The number of benzene rings is 2. The van der Waals surface area contributed by atoms with Crippen LogP contribution in [0.15, 0.2) is 60.3 Å². The van der Waals surface area contributed by atoms with Gasteiger partial charge in [-0.05, 0) is 19.1 Å². The van der Waals surface area contributed by atoms with Gasteiger partial charge in [-0.1, -0.05) is 30.3 Å². The van der Waals surface area contributed by atoms with Crippen LogP contribution in [0.4, 0.5) is 5.69 Å². The van der Waals surface area contributed by atoms with E-state index in [1.807, 2.05) is 44.3 Å². The van der Waals surface area contributed by atoms with E-state index in [-0.39, 0.29) is 5.69 Å². The second-order valence-electron chi connectivity index (χ2n) is 4.42. The third kappa shape index (κ3) is 3.60.